The molecule has 1 saturated heterocycles. The van der Waals surface area contributed by atoms with E-state index in [1.54, 1.807) is 13.0 Å². The number of hydrogen-bond donors (Lipinski definition) is 3. The number of rotatable bonds is 6. The first-order chi connectivity index (χ1) is 7.63. The molecule has 1 fully saturated rings. The van der Waals surface area contributed by atoms with Gasteiger partial charge in [-0.1, -0.05) is 6.08 Å². The standard InChI is InChI=1S/C11H19N3O2/c1-3-6-12-11(16)8(2)13-7-9-4-5-10(15)14-9/h3,8-9,13H,1,4-7H2,2H3,(H,12,16)(H,14,15). The summed E-state index contributed by atoms with van der Waals surface area (Å²) < 4.78 is 0. The van der Waals surface area contributed by atoms with Gasteiger partial charge in [-0.05, 0) is 13.3 Å². The lowest BCUT2D eigenvalue weighted by atomic mass is 10.2. The van der Waals surface area contributed by atoms with Crippen LogP contribution in [0.4, 0.5) is 0 Å². The van der Waals surface area contributed by atoms with Gasteiger partial charge < -0.3 is 16.0 Å². The van der Waals surface area contributed by atoms with E-state index in [1.807, 2.05) is 0 Å². The lowest BCUT2D eigenvalue weighted by Gasteiger charge is -2.16. The minimum atomic E-state index is -0.252. The van der Waals surface area contributed by atoms with Crippen molar-refractivity contribution in [2.24, 2.45) is 0 Å². The van der Waals surface area contributed by atoms with Gasteiger partial charge in [0.05, 0.1) is 6.04 Å². The average molecular weight is 225 g/mol. The van der Waals surface area contributed by atoms with Crippen molar-refractivity contribution in [1.29, 1.82) is 0 Å². The number of hydrogen-bond acceptors (Lipinski definition) is 3. The van der Waals surface area contributed by atoms with Crippen LogP contribution in [-0.4, -0.2) is 37.0 Å². The predicted molar refractivity (Wildman–Crippen MR) is 61.8 cm³/mol. The zero-order chi connectivity index (χ0) is 12.0. The molecule has 90 valence electrons. The fraction of sp³-hybridized carbons (Fsp3) is 0.636. The molecular formula is C11H19N3O2. The van der Waals surface area contributed by atoms with Gasteiger partial charge >= 0.3 is 0 Å². The van der Waals surface area contributed by atoms with Crippen molar-refractivity contribution in [3.8, 4) is 0 Å². The average Bonchev–Trinajstić information content (AvgIpc) is 2.68. The van der Waals surface area contributed by atoms with E-state index in [0.717, 1.165) is 6.42 Å². The SMILES string of the molecule is C=CCNC(=O)C(C)NCC1CCC(=O)N1. The van der Waals surface area contributed by atoms with Gasteiger partial charge in [-0.25, -0.2) is 0 Å². The van der Waals surface area contributed by atoms with Crippen molar-refractivity contribution in [3.05, 3.63) is 12.7 Å². The van der Waals surface area contributed by atoms with E-state index in [4.69, 9.17) is 0 Å². The second-order valence-electron chi connectivity index (χ2n) is 3.97. The summed E-state index contributed by atoms with van der Waals surface area (Å²) in [6, 6.07) is -0.0976. The Bertz CT molecular complexity index is 278. The molecule has 0 bridgehead atoms. The van der Waals surface area contributed by atoms with Crippen LogP contribution in [0.3, 0.4) is 0 Å². The van der Waals surface area contributed by atoms with Crippen LogP contribution >= 0.6 is 0 Å². The Balaban J connectivity index is 2.18. The van der Waals surface area contributed by atoms with Crippen LogP contribution in [-0.2, 0) is 9.59 Å². The van der Waals surface area contributed by atoms with Gasteiger partial charge in [0.2, 0.25) is 11.8 Å². The van der Waals surface area contributed by atoms with Gasteiger partial charge in [0.15, 0.2) is 0 Å². The Morgan fingerprint density at radius 2 is 2.50 bits per heavy atom. The topological polar surface area (TPSA) is 70.2 Å². The van der Waals surface area contributed by atoms with Gasteiger partial charge in [0, 0.05) is 25.6 Å². The Morgan fingerprint density at radius 3 is 3.06 bits per heavy atom. The Labute approximate surface area is 95.7 Å². The molecule has 1 aliphatic rings. The van der Waals surface area contributed by atoms with Crippen molar-refractivity contribution in [2.75, 3.05) is 13.1 Å². The minimum Gasteiger partial charge on any atom is -0.352 e. The number of carbonyl (C=O) groups is 2. The van der Waals surface area contributed by atoms with E-state index in [0.29, 0.717) is 19.5 Å². The molecule has 1 heterocycles. The molecule has 0 aromatic rings. The monoisotopic (exact) mass is 225 g/mol. The highest BCUT2D eigenvalue weighted by Crippen LogP contribution is 2.05. The minimum absolute atomic E-state index is 0.0516. The Kier molecular flexibility index (Phi) is 4.98. The maximum absolute atomic E-state index is 11.5. The molecule has 2 atom stereocenters. The molecule has 0 spiro atoms. The molecule has 0 radical (unpaired) electrons. The van der Waals surface area contributed by atoms with Crippen molar-refractivity contribution < 1.29 is 9.59 Å². The molecule has 3 N–H and O–H groups in total. The first-order valence-corrected chi connectivity index (χ1v) is 5.55. The maximum Gasteiger partial charge on any atom is 0.237 e. The highest BCUT2D eigenvalue weighted by molar-refractivity contribution is 5.81. The third-order valence-electron chi connectivity index (χ3n) is 2.57. The van der Waals surface area contributed by atoms with Gasteiger partial charge in [0.25, 0.3) is 0 Å². The fourth-order valence-electron chi connectivity index (χ4n) is 1.57. The first kappa shape index (κ1) is 12.7. The van der Waals surface area contributed by atoms with Crippen LogP contribution in [0.15, 0.2) is 12.7 Å². The van der Waals surface area contributed by atoms with Crippen LogP contribution in [0.1, 0.15) is 19.8 Å². The van der Waals surface area contributed by atoms with E-state index in [-0.39, 0.29) is 23.9 Å². The molecule has 2 amide bonds. The summed E-state index contributed by atoms with van der Waals surface area (Å²) in [6.07, 6.45) is 3.07. The highest BCUT2D eigenvalue weighted by Gasteiger charge is 2.21. The van der Waals surface area contributed by atoms with E-state index in [9.17, 15) is 9.59 Å². The smallest absolute Gasteiger partial charge is 0.237 e. The van der Waals surface area contributed by atoms with Gasteiger partial charge in [-0.3, -0.25) is 9.59 Å². The number of carbonyl (C=O) groups excluding carboxylic acids is 2. The quantitative estimate of drug-likeness (QED) is 0.536. The zero-order valence-corrected chi connectivity index (χ0v) is 9.58. The molecule has 16 heavy (non-hydrogen) atoms. The molecular weight excluding hydrogens is 206 g/mol. The van der Waals surface area contributed by atoms with Crippen LogP contribution < -0.4 is 16.0 Å². The molecule has 5 heteroatoms. The second-order valence-corrected chi connectivity index (χ2v) is 3.97. The highest BCUT2D eigenvalue weighted by atomic mass is 16.2. The summed E-state index contributed by atoms with van der Waals surface area (Å²) in [5.41, 5.74) is 0. The van der Waals surface area contributed by atoms with Crippen LogP contribution in [0.25, 0.3) is 0 Å². The molecule has 1 rings (SSSR count). The van der Waals surface area contributed by atoms with Crippen molar-refractivity contribution in [3.63, 3.8) is 0 Å². The Morgan fingerprint density at radius 1 is 1.75 bits per heavy atom. The van der Waals surface area contributed by atoms with Gasteiger partial charge in [0.1, 0.15) is 0 Å². The first-order valence-electron chi connectivity index (χ1n) is 5.55. The van der Waals surface area contributed by atoms with E-state index in [2.05, 4.69) is 22.5 Å². The normalized spacial score (nSPS) is 21.3. The van der Waals surface area contributed by atoms with Crippen LogP contribution in [0.2, 0.25) is 0 Å². The van der Waals surface area contributed by atoms with Crippen LogP contribution in [0, 0.1) is 0 Å². The lowest BCUT2D eigenvalue weighted by Crippen LogP contribution is -2.46. The van der Waals surface area contributed by atoms with Crippen molar-refractivity contribution in [2.45, 2.75) is 31.8 Å². The molecule has 5 nitrogen and oxygen atoms in total. The number of amides is 2. The van der Waals surface area contributed by atoms with E-state index >= 15 is 0 Å². The van der Waals surface area contributed by atoms with Crippen molar-refractivity contribution in [1.82, 2.24) is 16.0 Å². The molecule has 0 aliphatic carbocycles. The van der Waals surface area contributed by atoms with Crippen LogP contribution in [0.5, 0.6) is 0 Å². The third kappa shape index (κ3) is 4.02. The summed E-state index contributed by atoms with van der Waals surface area (Å²) in [7, 11) is 0. The lowest BCUT2D eigenvalue weighted by molar-refractivity contribution is -0.122. The summed E-state index contributed by atoms with van der Waals surface area (Å²) in [4.78, 5) is 22.4. The summed E-state index contributed by atoms with van der Waals surface area (Å²) >= 11 is 0. The van der Waals surface area contributed by atoms with Gasteiger partial charge in [-0.2, -0.15) is 0 Å². The largest absolute Gasteiger partial charge is 0.352 e. The molecule has 0 aromatic heterocycles. The third-order valence-corrected chi connectivity index (χ3v) is 2.57. The molecule has 0 aromatic carbocycles. The van der Waals surface area contributed by atoms with E-state index < -0.39 is 0 Å². The zero-order valence-electron chi connectivity index (χ0n) is 9.58. The predicted octanol–water partition coefficient (Wildman–Crippen LogP) is -0.455. The van der Waals surface area contributed by atoms with Gasteiger partial charge in [-0.15, -0.1) is 6.58 Å². The number of nitrogens with one attached hydrogen (secondary N) is 3. The maximum atomic E-state index is 11.5. The molecule has 0 saturated carbocycles. The molecule has 1 aliphatic heterocycles. The molecule has 2 unspecified atom stereocenters. The summed E-state index contributed by atoms with van der Waals surface area (Å²) in [5, 5.41) is 8.64. The summed E-state index contributed by atoms with van der Waals surface area (Å²) in [5.74, 6) is 0.0415. The fourth-order valence-corrected chi connectivity index (χ4v) is 1.57. The van der Waals surface area contributed by atoms with E-state index in [1.165, 1.54) is 0 Å². The second kappa shape index (κ2) is 6.27. The summed E-state index contributed by atoms with van der Waals surface area (Å²) in [6.45, 7) is 6.44. The van der Waals surface area contributed by atoms with Crippen molar-refractivity contribution >= 4 is 11.8 Å². The Hall–Kier alpha value is -1.36.